The van der Waals surface area contributed by atoms with Gasteiger partial charge in [-0.15, -0.1) is 0 Å². The standard InChI is InChI=1S/C19H19F3N4O2/c20-19(21,22)16-14(17(27)25-8-10-28-11-9-25)12-23-18(24-16)26-7-3-5-13-4-1-2-6-15(13)26/h1-2,4,6,12H,3,5,7-11H2. The van der Waals surface area contributed by atoms with E-state index in [0.29, 0.717) is 19.8 Å². The largest absolute Gasteiger partial charge is 0.434 e. The summed E-state index contributed by atoms with van der Waals surface area (Å²) >= 11 is 0. The van der Waals surface area contributed by atoms with Crippen LogP contribution < -0.4 is 4.90 Å². The monoisotopic (exact) mass is 392 g/mol. The van der Waals surface area contributed by atoms with Crippen molar-refractivity contribution in [3.05, 3.63) is 47.3 Å². The maximum atomic E-state index is 13.7. The Hall–Kier alpha value is -2.68. The number of fused-ring (bicyclic) bond motifs is 1. The van der Waals surface area contributed by atoms with Gasteiger partial charge in [-0.1, -0.05) is 18.2 Å². The van der Waals surface area contributed by atoms with E-state index in [1.807, 2.05) is 24.3 Å². The molecule has 1 amide bonds. The highest BCUT2D eigenvalue weighted by Crippen LogP contribution is 2.35. The first-order valence-corrected chi connectivity index (χ1v) is 9.12. The average Bonchev–Trinajstić information content (AvgIpc) is 2.72. The number of morpholine rings is 1. The van der Waals surface area contributed by atoms with Gasteiger partial charge >= 0.3 is 6.18 Å². The van der Waals surface area contributed by atoms with Crippen LogP contribution >= 0.6 is 0 Å². The number of ether oxygens (including phenoxy) is 1. The van der Waals surface area contributed by atoms with Crippen LogP contribution in [-0.2, 0) is 17.3 Å². The van der Waals surface area contributed by atoms with Gasteiger partial charge in [0.15, 0.2) is 5.69 Å². The summed E-state index contributed by atoms with van der Waals surface area (Å²) < 4.78 is 46.3. The number of amides is 1. The third-order valence-corrected chi connectivity index (χ3v) is 4.92. The van der Waals surface area contributed by atoms with Gasteiger partial charge in [0.05, 0.1) is 18.8 Å². The minimum atomic E-state index is -4.76. The predicted octanol–water partition coefficient (Wildman–Crippen LogP) is 3.05. The van der Waals surface area contributed by atoms with Crippen molar-refractivity contribution in [2.75, 3.05) is 37.7 Å². The lowest BCUT2D eigenvalue weighted by Crippen LogP contribution is -2.41. The smallest absolute Gasteiger partial charge is 0.378 e. The number of nitrogens with zero attached hydrogens (tertiary/aromatic N) is 4. The summed E-state index contributed by atoms with van der Waals surface area (Å²) in [6, 6.07) is 7.52. The molecule has 0 bridgehead atoms. The zero-order valence-corrected chi connectivity index (χ0v) is 15.1. The summed E-state index contributed by atoms with van der Waals surface area (Å²) in [4.78, 5) is 23.6. The lowest BCUT2D eigenvalue weighted by atomic mass is 10.0. The molecule has 2 aliphatic heterocycles. The molecule has 1 saturated heterocycles. The molecule has 0 unspecified atom stereocenters. The topological polar surface area (TPSA) is 58.6 Å². The van der Waals surface area contributed by atoms with Gasteiger partial charge in [-0.2, -0.15) is 13.2 Å². The molecular formula is C19H19F3N4O2. The van der Waals surface area contributed by atoms with Crippen molar-refractivity contribution in [1.29, 1.82) is 0 Å². The molecule has 9 heteroatoms. The second-order valence-corrected chi connectivity index (χ2v) is 6.72. The van der Waals surface area contributed by atoms with E-state index < -0.39 is 23.3 Å². The van der Waals surface area contributed by atoms with E-state index in [4.69, 9.17) is 4.74 Å². The Labute approximate surface area is 159 Å². The Morgan fingerprint density at radius 2 is 1.86 bits per heavy atom. The molecule has 2 aliphatic rings. The van der Waals surface area contributed by atoms with E-state index in [0.717, 1.165) is 30.3 Å². The number of benzene rings is 1. The van der Waals surface area contributed by atoms with Crippen LogP contribution in [0.25, 0.3) is 0 Å². The fraction of sp³-hybridized carbons (Fsp3) is 0.421. The van der Waals surface area contributed by atoms with Gasteiger partial charge in [0.1, 0.15) is 0 Å². The summed E-state index contributed by atoms with van der Waals surface area (Å²) in [6.07, 6.45) is -2.12. The Bertz CT molecular complexity index is 882. The van der Waals surface area contributed by atoms with Gasteiger partial charge in [0.2, 0.25) is 5.95 Å². The van der Waals surface area contributed by atoms with E-state index in [9.17, 15) is 18.0 Å². The second kappa shape index (κ2) is 7.38. The summed E-state index contributed by atoms with van der Waals surface area (Å²) in [7, 11) is 0. The summed E-state index contributed by atoms with van der Waals surface area (Å²) in [5, 5.41) is 0. The molecule has 148 valence electrons. The van der Waals surface area contributed by atoms with Gasteiger partial charge in [0.25, 0.3) is 5.91 Å². The third-order valence-electron chi connectivity index (χ3n) is 4.92. The maximum absolute atomic E-state index is 13.7. The van der Waals surface area contributed by atoms with Gasteiger partial charge in [-0.25, -0.2) is 9.97 Å². The van der Waals surface area contributed by atoms with Crippen LogP contribution in [-0.4, -0.2) is 53.6 Å². The molecule has 0 radical (unpaired) electrons. The lowest BCUT2D eigenvalue weighted by Gasteiger charge is -2.30. The second-order valence-electron chi connectivity index (χ2n) is 6.72. The fourth-order valence-electron chi connectivity index (χ4n) is 3.55. The zero-order chi connectivity index (χ0) is 19.7. The molecule has 1 fully saturated rings. The molecule has 0 spiro atoms. The number of hydrogen-bond acceptors (Lipinski definition) is 5. The Kier molecular flexibility index (Phi) is 4.92. The lowest BCUT2D eigenvalue weighted by molar-refractivity contribution is -0.141. The summed E-state index contributed by atoms with van der Waals surface area (Å²) in [5.41, 5.74) is 0.119. The van der Waals surface area contributed by atoms with Crippen molar-refractivity contribution in [2.45, 2.75) is 19.0 Å². The number of carbonyl (C=O) groups is 1. The summed E-state index contributed by atoms with van der Waals surface area (Å²) in [5.74, 6) is -0.765. The Morgan fingerprint density at radius 3 is 2.61 bits per heavy atom. The molecule has 0 atom stereocenters. The van der Waals surface area contributed by atoms with Crippen molar-refractivity contribution < 1.29 is 22.7 Å². The fourth-order valence-corrected chi connectivity index (χ4v) is 3.55. The van der Waals surface area contributed by atoms with Crippen molar-refractivity contribution in [3.63, 3.8) is 0 Å². The molecule has 28 heavy (non-hydrogen) atoms. The predicted molar refractivity (Wildman–Crippen MR) is 95.5 cm³/mol. The molecular weight excluding hydrogens is 373 g/mol. The van der Waals surface area contributed by atoms with Crippen LogP contribution in [0.3, 0.4) is 0 Å². The zero-order valence-electron chi connectivity index (χ0n) is 15.1. The first-order valence-electron chi connectivity index (χ1n) is 9.12. The van der Waals surface area contributed by atoms with Crippen LogP contribution in [0.1, 0.15) is 28.0 Å². The van der Waals surface area contributed by atoms with E-state index >= 15 is 0 Å². The van der Waals surface area contributed by atoms with Crippen LogP contribution in [0, 0.1) is 0 Å². The number of rotatable bonds is 2. The van der Waals surface area contributed by atoms with E-state index in [1.165, 1.54) is 4.90 Å². The van der Waals surface area contributed by atoms with Crippen LogP contribution in [0.2, 0.25) is 0 Å². The highest BCUT2D eigenvalue weighted by molar-refractivity contribution is 5.95. The quantitative estimate of drug-likeness (QED) is 0.786. The molecule has 0 saturated carbocycles. The first kappa shape index (κ1) is 18.7. The number of halogens is 3. The Morgan fingerprint density at radius 1 is 1.11 bits per heavy atom. The van der Waals surface area contributed by atoms with E-state index in [-0.39, 0.29) is 19.0 Å². The minimum absolute atomic E-state index is 0.0435. The van der Waals surface area contributed by atoms with Gasteiger partial charge < -0.3 is 14.5 Å². The third kappa shape index (κ3) is 3.54. The molecule has 0 N–H and O–H groups in total. The maximum Gasteiger partial charge on any atom is 0.434 e. The molecule has 1 aromatic carbocycles. The molecule has 2 aromatic rings. The first-order chi connectivity index (χ1) is 13.4. The molecule has 0 aliphatic carbocycles. The highest BCUT2D eigenvalue weighted by Gasteiger charge is 2.40. The number of carbonyl (C=O) groups excluding carboxylic acids is 1. The van der Waals surface area contributed by atoms with Gasteiger partial charge in [-0.05, 0) is 24.5 Å². The highest BCUT2D eigenvalue weighted by atomic mass is 19.4. The van der Waals surface area contributed by atoms with Crippen molar-refractivity contribution in [1.82, 2.24) is 14.9 Å². The normalized spacial score (nSPS) is 17.4. The van der Waals surface area contributed by atoms with Crippen molar-refractivity contribution in [2.24, 2.45) is 0 Å². The van der Waals surface area contributed by atoms with Crippen LogP contribution in [0.15, 0.2) is 30.5 Å². The average molecular weight is 392 g/mol. The number of para-hydroxylation sites is 1. The molecule has 1 aromatic heterocycles. The minimum Gasteiger partial charge on any atom is -0.378 e. The van der Waals surface area contributed by atoms with Crippen molar-refractivity contribution in [3.8, 4) is 0 Å². The van der Waals surface area contributed by atoms with E-state index in [2.05, 4.69) is 9.97 Å². The molecule has 4 rings (SSSR count). The SMILES string of the molecule is O=C(c1cnc(N2CCCc3ccccc32)nc1C(F)(F)F)N1CCOCC1. The Balaban J connectivity index is 1.73. The number of hydrogen-bond donors (Lipinski definition) is 0. The number of anilines is 2. The van der Waals surface area contributed by atoms with E-state index in [1.54, 1.807) is 4.90 Å². The summed E-state index contributed by atoms with van der Waals surface area (Å²) in [6.45, 7) is 1.62. The molecule has 6 nitrogen and oxygen atoms in total. The number of aromatic nitrogens is 2. The van der Waals surface area contributed by atoms with Gasteiger partial charge in [0, 0.05) is 31.5 Å². The number of aryl methyl sites for hydroxylation is 1. The van der Waals surface area contributed by atoms with Crippen LogP contribution in [0.4, 0.5) is 24.8 Å². The van der Waals surface area contributed by atoms with Gasteiger partial charge in [-0.3, -0.25) is 4.79 Å². The van der Waals surface area contributed by atoms with Crippen LogP contribution in [0.5, 0.6) is 0 Å². The molecule has 3 heterocycles. The van der Waals surface area contributed by atoms with Crippen molar-refractivity contribution >= 4 is 17.5 Å². The number of alkyl halides is 3.